The summed E-state index contributed by atoms with van der Waals surface area (Å²) < 4.78 is 1.54. The van der Waals surface area contributed by atoms with E-state index in [1.807, 2.05) is 31.2 Å². The summed E-state index contributed by atoms with van der Waals surface area (Å²) in [5.74, 6) is -0.477. The van der Waals surface area contributed by atoms with Crippen molar-refractivity contribution in [2.75, 3.05) is 13.1 Å². The topological polar surface area (TPSA) is 78.6 Å². The maximum absolute atomic E-state index is 12.5. The van der Waals surface area contributed by atoms with Gasteiger partial charge in [0, 0.05) is 13.1 Å². The minimum Gasteiger partial charge on any atom is -0.504 e. The molecule has 1 fully saturated rings. The largest absolute Gasteiger partial charge is 0.504 e. The summed E-state index contributed by atoms with van der Waals surface area (Å²) in [5.41, 5.74) is 1.97. The molecule has 2 heterocycles. The molecule has 3 rings (SSSR count). The number of β-amino-alcohol motifs (C(OH)–C–C–N with tert-alkyl or cyclic N) is 1. The van der Waals surface area contributed by atoms with Crippen LogP contribution in [0, 0.1) is 0 Å². The van der Waals surface area contributed by atoms with Crippen molar-refractivity contribution in [2.24, 2.45) is 0 Å². The third-order valence-corrected chi connectivity index (χ3v) is 4.20. The van der Waals surface area contributed by atoms with Crippen LogP contribution in [-0.2, 0) is 6.42 Å². The molecule has 1 aromatic heterocycles. The number of piperidine rings is 1. The van der Waals surface area contributed by atoms with Gasteiger partial charge in [0.2, 0.25) is 0 Å². The van der Waals surface area contributed by atoms with E-state index in [1.54, 1.807) is 9.58 Å². The Hall–Kier alpha value is -2.34. The molecule has 1 aliphatic rings. The smallest absolute Gasteiger partial charge is 0.278 e. The lowest BCUT2D eigenvalue weighted by Crippen LogP contribution is -2.42. The van der Waals surface area contributed by atoms with Crippen LogP contribution in [0.25, 0.3) is 5.69 Å². The lowest BCUT2D eigenvalue weighted by Gasteiger charge is -2.29. The predicted molar refractivity (Wildman–Crippen MR) is 85.8 cm³/mol. The van der Waals surface area contributed by atoms with Crippen LogP contribution in [0.15, 0.2) is 30.5 Å². The molecule has 2 aromatic rings. The molecule has 23 heavy (non-hydrogen) atoms. The Labute approximate surface area is 135 Å². The Morgan fingerprint density at radius 1 is 1.39 bits per heavy atom. The molecule has 1 amide bonds. The molecule has 2 N–H and O–H groups in total. The molecule has 1 aliphatic heterocycles. The van der Waals surface area contributed by atoms with Crippen molar-refractivity contribution in [3.05, 3.63) is 41.7 Å². The molecule has 1 unspecified atom stereocenters. The first-order valence-electron chi connectivity index (χ1n) is 7.94. The van der Waals surface area contributed by atoms with Crippen LogP contribution in [-0.4, -0.2) is 50.0 Å². The van der Waals surface area contributed by atoms with Crippen LogP contribution < -0.4 is 0 Å². The maximum atomic E-state index is 12.5. The number of benzene rings is 1. The summed E-state index contributed by atoms with van der Waals surface area (Å²) >= 11 is 0. The van der Waals surface area contributed by atoms with Crippen molar-refractivity contribution in [3.8, 4) is 11.4 Å². The zero-order valence-electron chi connectivity index (χ0n) is 13.1. The first-order valence-corrected chi connectivity index (χ1v) is 7.94. The number of aryl methyl sites for hydroxylation is 1. The maximum Gasteiger partial charge on any atom is 0.278 e. The van der Waals surface area contributed by atoms with Gasteiger partial charge >= 0.3 is 0 Å². The monoisotopic (exact) mass is 315 g/mol. The number of aliphatic hydroxyl groups is 1. The van der Waals surface area contributed by atoms with E-state index in [-0.39, 0.29) is 23.9 Å². The second kappa shape index (κ2) is 6.42. The standard InChI is InChI=1S/C17H21N3O3/c1-2-12-6-3-4-8-14(12)20-11-15(22)16(18-20)17(23)19-9-5-7-13(21)10-19/h3-4,6,8,11,13,21-22H,2,5,7,9-10H2,1H3. The molecule has 1 atom stereocenters. The zero-order valence-corrected chi connectivity index (χ0v) is 13.1. The molecule has 122 valence electrons. The average molecular weight is 315 g/mol. The number of nitrogens with zero attached hydrogens (tertiary/aromatic N) is 3. The van der Waals surface area contributed by atoms with Crippen LogP contribution in [0.2, 0.25) is 0 Å². The number of carbonyl (C=O) groups is 1. The lowest BCUT2D eigenvalue weighted by atomic mass is 10.1. The quantitative estimate of drug-likeness (QED) is 0.904. The van der Waals surface area contributed by atoms with E-state index in [4.69, 9.17) is 0 Å². The van der Waals surface area contributed by atoms with Crippen LogP contribution >= 0.6 is 0 Å². The summed E-state index contributed by atoms with van der Waals surface area (Å²) in [6, 6.07) is 7.75. The molecule has 1 aromatic carbocycles. The Bertz CT molecular complexity index is 711. The molecule has 0 bridgehead atoms. The van der Waals surface area contributed by atoms with Gasteiger partial charge in [0.05, 0.1) is 18.0 Å². The molecule has 0 aliphatic carbocycles. The van der Waals surface area contributed by atoms with Gasteiger partial charge in [0.1, 0.15) is 0 Å². The van der Waals surface area contributed by atoms with Gasteiger partial charge in [-0.15, -0.1) is 0 Å². The number of hydrogen-bond donors (Lipinski definition) is 2. The predicted octanol–water partition coefficient (Wildman–Crippen LogP) is 1.74. The zero-order chi connectivity index (χ0) is 16.4. The Kier molecular flexibility index (Phi) is 4.34. The van der Waals surface area contributed by atoms with Crippen molar-refractivity contribution in [3.63, 3.8) is 0 Å². The Balaban J connectivity index is 1.90. The molecule has 0 spiro atoms. The van der Waals surface area contributed by atoms with Gasteiger partial charge in [-0.25, -0.2) is 4.68 Å². The molecule has 6 heteroatoms. The van der Waals surface area contributed by atoms with E-state index < -0.39 is 6.10 Å². The molecule has 6 nitrogen and oxygen atoms in total. The highest BCUT2D eigenvalue weighted by Crippen LogP contribution is 2.23. The second-order valence-electron chi connectivity index (χ2n) is 5.84. The molecular formula is C17H21N3O3. The summed E-state index contributed by atoms with van der Waals surface area (Å²) in [6.07, 6.45) is 3.25. The summed E-state index contributed by atoms with van der Waals surface area (Å²) in [6.45, 7) is 2.91. The van der Waals surface area contributed by atoms with E-state index in [2.05, 4.69) is 5.10 Å². The van der Waals surface area contributed by atoms with Crippen LogP contribution in [0.5, 0.6) is 5.75 Å². The van der Waals surface area contributed by atoms with Crippen molar-refractivity contribution < 1.29 is 15.0 Å². The summed E-state index contributed by atoms with van der Waals surface area (Å²) in [4.78, 5) is 14.1. The highest BCUT2D eigenvalue weighted by molar-refractivity contribution is 5.95. The van der Waals surface area contributed by atoms with E-state index in [0.717, 1.165) is 24.1 Å². The summed E-state index contributed by atoms with van der Waals surface area (Å²) in [7, 11) is 0. The number of para-hydroxylation sites is 1. The normalized spacial score (nSPS) is 18.2. The Morgan fingerprint density at radius 3 is 2.91 bits per heavy atom. The SMILES string of the molecule is CCc1ccccc1-n1cc(O)c(C(=O)N2CCCC(O)C2)n1. The molecule has 0 radical (unpaired) electrons. The van der Waals surface area contributed by atoms with Crippen molar-refractivity contribution >= 4 is 5.91 Å². The lowest BCUT2D eigenvalue weighted by molar-refractivity contribution is 0.0466. The number of likely N-dealkylation sites (tertiary alicyclic amines) is 1. The molecular weight excluding hydrogens is 294 g/mol. The van der Waals surface area contributed by atoms with Gasteiger partial charge in [0.15, 0.2) is 11.4 Å². The number of aliphatic hydroxyl groups excluding tert-OH is 1. The number of amides is 1. The van der Waals surface area contributed by atoms with E-state index in [1.165, 1.54) is 6.20 Å². The molecule has 0 saturated carbocycles. The number of hydrogen-bond acceptors (Lipinski definition) is 4. The third-order valence-electron chi connectivity index (χ3n) is 4.20. The fraction of sp³-hybridized carbons (Fsp3) is 0.412. The van der Waals surface area contributed by atoms with E-state index in [0.29, 0.717) is 13.0 Å². The van der Waals surface area contributed by atoms with Gasteiger partial charge in [0.25, 0.3) is 5.91 Å². The Morgan fingerprint density at radius 2 is 2.17 bits per heavy atom. The van der Waals surface area contributed by atoms with Crippen molar-refractivity contribution in [1.29, 1.82) is 0 Å². The second-order valence-corrected chi connectivity index (χ2v) is 5.84. The van der Waals surface area contributed by atoms with Gasteiger partial charge in [-0.1, -0.05) is 25.1 Å². The highest BCUT2D eigenvalue weighted by atomic mass is 16.3. The first kappa shape index (κ1) is 15.6. The first-order chi connectivity index (χ1) is 11.1. The van der Waals surface area contributed by atoms with Gasteiger partial charge in [-0.05, 0) is 30.9 Å². The fourth-order valence-corrected chi connectivity index (χ4v) is 2.96. The van der Waals surface area contributed by atoms with Gasteiger partial charge < -0.3 is 15.1 Å². The minimum atomic E-state index is -0.502. The third kappa shape index (κ3) is 3.07. The van der Waals surface area contributed by atoms with Crippen LogP contribution in [0.4, 0.5) is 0 Å². The highest BCUT2D eigenvalue weighted by Gasteiger charge is 2.27. The van der Waals surface area contributed by atoms with Gasteiger partial charge in [-0.2, -0.15) is 5.10 Å². The van der Waals surface area contributed by atoms with Gasteiger partial charge in [-0.3, -0.25) is 4.79 Å². The number of aromatic nitrogens is 2. The number of carbonyl (C=O) groups excluding carboxylic acids is 1. The minimum absolute atomic E-state index is 0.0324. The molecule has 1 saturated heterocycles. The van der Waals surface area contributed by atoms with E-state index >= 15 is 0 Å². The van der Waals surface area contributed by atoms with E-state index in [9.17, 15) is 15.0 Å². The van der Waals surface area contributed by atoms with Crippen molar-refractivity contribution in [1.82, 2.24) is 14.7 Å². The number of rotatable bonds is 3. The van der Waals surface area contributed by atoms with Crippen molar-refractivity contribution in [2.45, 2.75) is 32.3 Å². The van der Waals surface area contributed by atoms with Crippen LogP contribution in [0.3, 0.4) is 0 Å². The average Bonchev–Trinajstić information content (AvgIpc) is 2.95. The fourth-order valence-electron chi connectivity index (χ4n) is 2.96. The van der Waals surface area contributed by atoms with Crippen LogP contribution in [0.1, 0.15) is 35.8 Å². The summed E-state index contributed by atoms with van der Waals surface area (Å²) in [5, 5.41) is 24.1. The number of aromatic hydroxyl groups is 1.